The van der Waals surface area contributed by atoms with E-state index in [1.165, 1.54) is 88.3 Å². The molecule has 2 aliphatic carbocycles. The summed E-state index contributed by atoms with van der Waals surface area (Å²) in [6, 6.07) is 53.9. The highest BCUT2D eigenvalue weighted by atomic mass is 14.8. The molecule has 0 saturated carbocycles. The van der Waals surface area contributed by atoms with Gasteiger partial charge in [-0.2, -0.15) is 0 Å². The smallest absolute Gasteiger partial charge is 0.0709 e. The summed E-state index contributed by atoms with van der Waals surface area (Å²) in [4.78, 5) is 5.24. The largest absolute Gasteiger partial charge is 0.387 e. The lowest BCUT2D eigenvalue weighted by atomic mass is 9.88. The SMILES string of the molecule is C1=CC(c2cccc(-c3cc(-c4ccc5c6c(cccc46)-c4ccccc4-5)cc(-c4ccc5c6c(cccc46)-c4ccccc4-5)c3)n2)=CCN1. The van der Waals surface area contributed by atoms with Gasteiger partial charge in [-0.1, -0.05) is 121 Å². The molecular weight excluding hydrogens is 605 g/mol. The minimum absolute atomic E-state index is 0.807. The van der Waals surface area contributed by atoms with Gasteiger partial charge in [0.15, 0.2) is 0 Å². The first-order chi connectivity index (χ1) is 24.8. The molecule has 0 amide bonds. The Hall–Kier alpha value is -6.51. The van der Waals surface area contributed by atoms with Crippen LogP contribution in [0.5, 0.6) is 0 Å². The molecular formula is C48H30N2. The van der Waals surface area contributed by atoms with E-state index < -0.39 is 0 Å². The van der Waals surface area contributed by atoms with Gasteiger partial charge in [-0.15, -0.1) is 0 Å². The molecule has 2 heteroatoms. The van der Waals surface area contributed by atoms with E-state index in [0.29, 0.717) is 0 Å². The van der Waals surface area contributed by atoms with Gasteiger partial charge in [-0.3, -0.25) is 0 Å². The summed E-state index contributed by atoms with van der Waals surface area (Å²) in [5.41, 5.74) is 19.6. The Balaban J connectivity index is 1.16. The van der Waals surface area contributed by atoms with Crippen LogP contribution in [0.3, 0.4) is 0 Å². The lowest BCUT2D eigenvalue weighted by Crippen LogP contribution is -2.08. The van der Waals surface area contributed by atoms with Crippen molar-refractivity contribution in [1.29, 1.82) is 0 Å². The number of dihydropyridines is 1. The van der Waals surface area contributed by atoms with Gasteiger partial charge in [0.25, 0.3) is 0 Å². The monoisotopic (exact) mass is 634 g/mol. The Morgan fingerprint density at radius 3 is 1.40 bits per heavy atom. The minimum Gasteiger partial charge on any atom is -0.387 e. The quantitative estimate of drug-likeness (QED) is 0.208. The van der Waals surface area contributed by atoms with Crippen molar-refractivity contribution in [3.05, 3.63) is 170 Å². The molecule has 2 nitrogen and oxygen atoms in total. The van der Waals surface area contributed by atoms with Gasteiger partial charge in [-0.25, -0.2) is 4.98 Å². The fraction of sp³-hybridized carbons (Fsp3) is 0.0208. The Morgan fingerprint density at radius 2 is 0.860 bits per heavy atom. The summed E-state index contributed by atoms with van der Waals surface area (Å²) in [5, 5.41) is 8.50. The molecule has 11 rings (SSSR count). The van der Waals surface area contributed by atoms with Crippen molar-refractivity contribution < 1.29 is 0 Å². The average Bonchev–Trinajstić information content (AvgIpc) is 3.70. The lowest BCUT2D eigenvalue weighted by Gasteiger charge is -2.16. The minimum atomic E-state index is 0.807. The number of aromatic nitrogens is 1. The van der Waals surface area contributed by atoms with E-state index in [2.05, 4.69) is 163 Å². The number of benzene rings is 7. The molecule has 1 N–H and O–H groups in total. The van der Waals surface area contributed by atoms with Gasteiger partial charge >= 0.3 is 0 Å². The Bertz CT molecular complexity index is 2610. The third kappa shape index (κ3) is 3.93. The molecule has 0 radical (unpaired) electrons. The van der Waals surface area contributed by atoms with Crippen molar-refractivity contribution in [2.24, 2.45) is 0 Å². The molecule has 232 valence electrons. The van der Waals surface area contributed by atoms with Gasteiger partial charge in [0, 0.05) is 12.1 Å². The maximum atomic E-state index is 5.24. The van der Waals surface area contributed by atoms with E-state index in [0.717, 1.165) is 29.1 Å². The number of rotatable bonds is 4. The van der Waals surface area contributed by atoms with Crippen LogP contribution in [0, 0.1) is 0 Å². The summed E-state index contributed by atoms with van der Waals surface area (Å²) in [7, 11) is 0. The maximum Gasteiger partial charge on any atom is 0.0709 e. The first-order valence-electron chi connectivity index (χ1n) is 17.3. The zero-order valence-electron chi connectivity index (χ0n) is 27.2. The highest BCUT2D eigenvalue weighted by Gasteiger charge is 2.25. The predicted octanol–water partition coefficient (Wildman–Crippen LogP) is 12.2. The van der Waals surface area contributed by atoms with Crippen LogP contribution in [0.2, 0.25) is 0 Å². The predicted molar refractivity (Wildman–Crippen MR) is 210 cm³/mol. The van der Waals surface area contributed by atoms with Crippen molar-refractivity contribution >= 4 is 27.1 Å². The highest BCUT2D eigenvalue weighted by molar-refractivity contribution is 6.20. The van der Waals surface area contributed by atoms with Crippen LogP contribution in [0.1, 0.15) is 5.69 Å². The molecule has 1 aliphatic heterocycles. The second kappa shape index (κ2) is 10.5. The van der Waals surface area contributed by atoms with Crippen LogP contribution < -0.4 is 5.32 Å². The molecule has 8 aromatic rings. The van der Waals surface area contributed by atoms with E-state index in [1.807, 2.05) is 6.20 Å². The number of hydrogen-bond acceptors (Lipinski definition) is 2. The molecule has 0 unspecified atom stereocenters. The molecule has 1 aromatic heterocycles. The molecule has 0 spiro atoms. The van der Waals surface area contributed by atoms with Gasteiger partial charge in [0.05, 0.1) is 11.4 Å². The van der Waals surface area contributed by atoms with Crippen molar-refractivity contribution in [1.82, 2.24) is 10.3 Å². The average molecular weight is 635 g/mol. The second-order valence-corrected chi connectivity index (χ2v) is 13.5. The van der Waals surface area contributed by atoms with Crippen molar-refractivity contribution in [2.45, 2.75) is 0 Å². The van der Waals surface area contributed by atoms with Gasteiger partial charge in [-0.05, 0) is 136 Å². The number of fused-ring (bicyclic) bond motifs is 6. The van der Waals surface area contributed by atoms with Crippen molar-refractivity contribution in [2.75, 3.05) is 6.54 Å². The van der Waals surface area contributed by atoms with Gasteiger partial charge in [0.2, 0.25) is 0 Å². The van der Waals surface area contributed by atoms with E-state index in [1.54, 1.807) is 0 Å². The van der Waals surface area contributed by atoms with Crippen molar-refractivity contribution in [3.8, 4) is 78.0 Å². The summed E-state index contributed by atoms with van der Waals surface area (Å²) in [6.45, 7) is 0.807. The molecule has 0 atom stereocenters. The van der Waals surface area contributed by atoms with E-state index in [4.69, 9.17) is 4.98 Å². The van der Waals surface area contributed by atoms with E-state index in [-0.39, 0.29) is 0 Å². The highest BCUT2D eigenvalue weighted by Crippen LogP contribution is 2.51. The third-order valence-electron chi connectivity index (χ3n) is 10.8. The standard InChI is InChI=1S/C48H30N2/c1-3-10-37-35(8-1)41-14-5-12-39-33(18-20-43(37)47(39)41)30-26-31(28-32(27-30)46-17-7-16-45(50-46)29-22-24-49-25-23-29)34-19-21-44-38-11-4-2-9-36(38)42-15-6-13-40(34)48(42)44/h1-24,26-28,49H,25H2. The molecule has 50 heavy (non-hydrogen) atoms. The Kier molecular flexibility index (Phi) is 5.76. The number of nitrogens with one attached hydrogen (secondary N) is 1. The lowest BCUT2D eigenvalue weighted by molar-refractivity contribution is 0.974. The Morgan fingerprint density at radius 1 is 0.400 bits per heavy atom. The molecule has 0 saturated heterocycles. The van der Waals surface area contributed by atoms with E-state index >= 15 is 0 Å². The number of nitrogens with zero attached hydrogens (tertiary/aromatic N) is 1. The summed E-state index contributed by atoms with van der Waals surface area (Å²) in [6.07, 6.45) is 6.31. The zero-order valence-corrected chi connectivity index (χ0v) is 27.2. The molecule has 3 aliphatic rings. The number of hydrogen-bond donors (Lipinski definition) is 1. The van der Waals surface area contributed by atoms with Crippen LogP contribution in [0.15, 0.2) is 164 Å². The van der Waals surface area contributed by atoms with Crippen molar-refractivity contribution in [3.63, 3.8) is 0 Å². The van der Waals surface area contributed by atoms with E-state index in [9.17, 15) is 0 Å². The normalized spacial score (nSPS) is 13.3. The Labute approximate surface area is 290 Å². The van der Waals surface area contributed by atoms with Crippen LogP contribution in [0.25, 0.3) is 105 Å². The fourth-order valence-electron chi connectivity index (χ4n) is 8.61. The summed E-state index contributed by atoms with van der Waals surface area (Å²) in [5.74, 6) is 0. The fourth-order valence-corrected chi connectivity index (χ4v) is 8.61. The maximum absolute atomic E-state index is 5.24. The molecule has 7 aromatic carbocycles. The number of allylic oxidation sites excluding steroid dienone is 2. The summed E-state index contributed by atoms with van der Waals surface area (Å²) < 4.78 is 0. The topological polar surface area (TPSA) is 24.9 Å². The zero-order chi connectivity index (χ0) is 32.8. The number of pyridine rings is 1. The second-order valence-electron chi connectivity index (χ2n) is 13.5. The van der Waals surface area contributed by atoms with Crippen LogP contribution in [-0.2, 0) is 0 Å². The van der Waals surface area contributed by atoms with Gasteiger partial charge < -0.3 is 5.32 Å². The first-order valence-corrected chi connectivity index (χ1v) is 17.3. The van der Waals surface area contributed by atoms with Crippen LogP contribution in [0.4, 0.5) is 0 Å². The summed E-state index contributed by atoms with van der Waals surface area (Å²) >= 11 is 0. The van der Waals surface area contributed by atoms with Crippen LogP contribution >= 0.6 is 0 Å². The molecule has 2 heterocycles. The molecule has 0 fully saturated rings. The van der Waals surface area contributed by atoms with Gasteiger partial charge in [0.1, 0.15) is 0 Å². The molecule has 0 bridgehead atoms. The van der Waals surface area contributed by atoms with Crippen LogP contribution in [-0.4, -0.2) is 11.5 Å². The third-order valence-corrected chi connectivity index (χ3v) is 10.8. The first kappa shape index (κ1) is 27.4.